The Morgan fingerprint density at radius 3 is 2.47 bits per heavy atom. The molecule has 17 heavy (non-hydrogen) atoms. The van der Waals surface area contributed by atoms with E-state index in [9.17, 15) is 4.79 Å². The summed E-state index contributed by atoms with van der Waals surface area (Å²) in [5.41, 5.74) is 0. The molecule has 1 aromatic rings. The zero-order valence-corrected chi connectivity index (χ0v) is 10.6. The molecule has 0 unspecified atom stereocenters. The summed E-state index contributed by atoms with van der Waals surface area (Å²) in [4.78, 5) is 15.3. The summed E-state index contributed by atoms with van der Waals surface area (Å²) in [7, 11) is 0. The Labute approximate surface area is 105 Å². The van der Waals surface area contributed by atoms with Gasteiger partial charge >= 0.3 is 0 Å². The number of amides is 1. The topological polar surface area (TPSA) is 60.8 Å². The van der Waals surface area contributed by atoms with E-state index in [0.29, 0.717) is 0 Å². The maximum Gasteiger partial charge on any atom is 0.246 e. The zero-order valence-electron chi connectivity index (χ0n) is 9.80. The van der Waals surface area contributed by atoms with Gasteiger partial charge in [-0.25, -0.2) is 0 Å². The van der Waals surface area contributed by atoms with E-state index in [-0.39, 0.29) is 32.2 Å². The summed E-state index contributed by atoms with van der Waals surface area (Å²) >= 11 is 1.61. The molecular weight excluding hydrogens is 238 g/mol. The minimum Gasteiger partial charge on any atom is -0.395 e. The van der Waals surface area contributed by atoms with Crippen LogP contribution < -0.4 is 0 Å². The van der Waals surface area contributed by atoms with Gasteiger partial charge in [0.25, 0.3) is 0 Å². The molecule has 0 aliphatic carbocycles. The second kappa shape index (κ2) is 7.21. The molecule has 94 valence electrons. The Kier molecular flexibility index (Phi) is 5.90. The van der Waals surface area contributed by atoms with E-state index in [4.69, 9.17) is 10.2 Å². The number of rotatable bonds is 6. The van der Waals surface area contributed by atoms with Gasteiger partial charge in [0, 0.05) is 28.9 Å². The molecule has 0 saturated carbocycles. The van der Waals surface area contributed by atoms with Crippen LogP contribution in [0.2, 0.25) is 0 Å². The number of aryl methyl sites for hydroxylation is 1. The van der Waals surface area contributed by atoms with Crippen LogP contribution in [-0.2, 0) is 4.79 Å². The number of nitrogens with zero attached hydrogens (tertiary/aromatic N) is 1. The summed E-state index contributed by atoms with van der Waals surface area (Å²) in [6, 6.07) is 3.94. The Morgan fingerprint density at radius 1 is 1.35 bits per heavy atom. The van der Waals surface area contributed by atoms with Crippen LogP contribution in [-0.4, -0.2) is 47.3 Å². The van der Waals surface area contributed by atoms with Gasteiger partial charge in [-0.1, -0.05) is 0 Å². The third-order valence-electron chi connectivity index (χ3n) is 2.20. The molecule has 1 heterocycles. The van der Waals surface area contributed by atoms with E-state index < -0.39 is 0 Å². The van der Waals surface area contributed by atoms with E-state index in [1.54, 1.807) is 17.4 Å². The van der Waals surface area contributed by atoms with E-state index in [0.717, 1.165) is 4.88 Å². The lowest BCUT2D eigenvalue weighted by Gasteiger charge is -2.18. The first-order valence-corrected chi connectivity index (χ1v) is 6.24. The van der Waals surface area contributed by atoms with E-state index >= 15 is 0 Å². The van der Waals surface area contributed by atoms with Gasteiger partial charge < -0.3 is 15.1 Å². The molecule has 5 heteroatoms. The van der Waals surface area contributed by atoms with Crippen molar-refractivity contribution < 1.29 is 15.0 Å². The van der Waals surface area contributed by atoms with Crippen molar-refractivity contribution in [2.75, 3.05) is 26.3 Å². The van der Waals surface area contributed by atoms with E-state index in [1.807, 2.05) is 19.1 Å². The van der Waals surface area contributed by atoms with Gasteiger partial charge in [0.2, 0.25) is 5.91 Å². The predicted octanol–water partition coefficient (Wildman–Crippen LogP) is 0.883. The normalized spacial score (nSPS) is 11.0. The Bertz CT molecular complexity index is 381. The van der Waals surface area contributed by atoms with Crippen LogP contribution in [0.3, 0.4) is 0 Å². The molecule has 0 fully saturated rings. The van der Waals surface area contributed by atoms with Gasteiger partial charge in [-0.15, -0.1) is 11.3 Å². The number of aliphatic hydroxyl groups is 2. The number of aliphatic hydroxyl groups excluding tert-OH is 2. The number of carbonyl (C=O) groups excluding carboxylic acids is 1. The fraction of sp³-hybridized carbons (Fsp3) is 0.417. The Hall–Kier alpha value is -1.17. The first-order valence-electron chi connectivity index (χ1n) is 5.42. The maximum absolute atomic E-state index is 11.7. The molecule has 0 radical (unpaired) electrons. The summed E-state index contributed by atoms with van der Waals surface area (Å²) in [5, 5.41) is 17.6. The molecule has 0 saturated heterocycles. The highest BCUT2D eigenvalue weighted by Gasteiger charge is 2.08. The van der Waals surface area contributed by atoms with Gasteiger partial charge in [-0.05, 0) is 25.1 Å². The Balaban J connectivity index is 2.59. The van der Waals surface area contributed by atoms with Crippen molar-refractivity contribution in [2.45, 2.75) is 6.92 Å². The smallest absolute Gasteiger partial charge is 0.246 e. The molecular formula is C12H17NO3S. The summed E-state index contributed by atoms with van der Waals surface area (Å²) in [6.45, 7) is 2.30. The fourth-order valence-corrected chi connectivity index (χ4v) is 2.16. The maximum atomic E-state index is 11.7. The largest absolute Gasteiger partial charge is 0.395 e. The third-order valence-corrected chi connectivity index (χ3v) is 3.17. The molecule has 1 amide bonds. The molecule has 0 aliphatic heterocycles. The highest BCUT2D eigenvalue weighted by atomic mass is 32.1. The van der Waals surface area contributed by atoms with Crippen LogP contribution in [0, 0.1) is 6.92 Å². The molecule has 2 N–H and O–H groups in total. The predicted molar refractivity (Wildman–Crippen MR) is 68.8 cm³/mol. The average molecular weight is 255 g/mol. The molecule has 0 bridgehead atoms. The number of carbonyl (C=O) groups is 1. The standard InChI is InChI=1S/C12H17NO3S/c1-10-2-3-11(17-10)4-5-12(16)13(6-8-14)7-9-15/h2-5,14-15H,6-9H2,1H3/b5-4+. The lowest BCUT2D eigenvalue weighted by Crippen LogP contribution is -2.34. The molecule has 4 nitrogen and oxygen atoms in total. The van der Waals surface area contributed by atoms with E-state index in [1.165, 1.54) is 15.9 Å². The highest BCUT2D eigenvalue weighted by molar-refractivity contribution is 7.12. The van der Waals surface area contributed by atoms with Crippen LogP contribution in [0.1, 0.15) is 9.75 Å². The van der Waals surface area contributed by atoms with Gasteiger partial charge in [0.15, 0.2) is 0 Å². The molecule has 1 rings (SSSR count). The van der Waals surface area contributed by atoms with Crippen LogP contribution in [0.5, 0.6) is 0 Å². The van der Waals surface area contributed by atoms with Crippen LogP contribution in [0.15, 0.2) is 18.2 Å². The molecule has 1 aromatic heterocycles. The first kappa shape index (κ1) is 13.9. The van der Waals surface area contributed by atoms with Gasteiger partial charge in [0.1, 0.15) is 0 Å². The van der Waals surface area contributed by atoms with Crippen LogP contribution in [0.4, 0.5) is 0 Å². The van der Waals surface area contributed by atoms with Gasteiger partial charge in [0.05, 0.1) is 13.2 Å². The molecule has 0 aliphatic rings. The van der Waals surface area contributed by atoms with Crippen LogP contribution >= 0.6 is 11.3 Å². The second-order valence-electron chi connectivity index (χ2n) is 3.55. The Morgan fingerprint density at radius 2 is 2.00 bits per heavy atom. The van der Waals surface area contributed by atoms with Gasteiger partial charge in [-0.2, -0.15) is 0 Å². The number of hydrogen-bond acceptors (Lipinski definition) is 4. The molecule has 0 spiro atoms. The molecule has 0 aromatic carbocycles. The van der Waals surface area contributed by atoms with Crippen molar-refractivity contribution in [3.63, 3.8) is 0 Å². The first-order chi connectivity index (χ1) is 8.17. The average Bonchev–Trinajstić information content (AvgIpc) is 2.72. The van der Waals surface area contributed by atoms with Crippen molar-refractivity contribution in [3.05, 3.63) is 28.0 Å². The SMILES string of the molecule is Cc1ccc(/C=C/C(=O)N(CCO)CCO)s1. The minimum absolute atomic E-state index is 0.0995. The monoisotopic (exact) mass is 255 g/mol. The molecule has 0 atom stereocenters. The van der Waals surface area contributed by atoms with Crippen molar-refractivity contribution in [1.82, 2.24) is 4.90 Å². The van der Waals surface area contributed by atoms with Crippen LogP contribution in [0.25, 0.3) is 6.08 Å². The summed E-state index contributed by atoms with van der Waals surface area (Å²) < 4.78 is 0. The van der Waals surface area contributed by atoms with Crippen molar-refractivity contribution in [3.8, 4) is 0 Å². The van der Waals surface area contributed by atoms with Crippen molar-refractivity contribution in [2.24, 2.45) is 0 Å². The summed E-state index contributed by atoms with van der Waals surface area (Å²) in [6.07, 6.45) is 3.22. The second-order valence-corrected chi connectivity index (χ2v) is 4.87. The quantitative estimate of drug-likeness (QED) is 0.742. The lowest BCUT2D eigenvalue weighted by molar-refractivity contribution is -0.126. The minimum atomic E-state index is -0.195. The highest BCUT2D eigenvalue weighted by Crippen LogP contribution is 2.16. The summed E-state index contributed by atoms with van der Waals surface area (Å²) in [5.74, 6) is -0.195. The fourth-order valence-electron chi connectivity index (χ4n) is 1.38. The third kappa shape index (κ3) is 4.68. The lowest BCUT2D eigenvalue weighted by atomic mass is 10.3. The van der Waals surface area contributed by atoms with Crippen molar-refractivity contribution >= 4 is 23.3 Å². The number of thiophene rings is 1. The number of hydrogen-bond donors (Lipinski definition) is 2. The zero-order chi connectivity index (χ0) is 12.7. The van der Waals surface area contributed by atoms with E-state index in [2.05, 4.69) is 0 Å². The van der Waals surface area contributed by atoms with Crippen molar-refractivity contribution in [1.29, 1.82) is 0 Å². The van der Waals surface area contributed by atoms with Gasteiger partial charge in [-0.3, -0.25) is 4.79 Å².